The van der Waals surface area contributed by atoms with Gasteiger partial charge in [-0.1, -0.05) is 18.2 Å². The first-order chi connectivity index (χ1) is 8.25. The van der Waals surface area contributed by atoms with E-state index < -0.39 is 0 Å². The Labute approximate surface area is 101 Å². The first kappa shape index (κ1) is 10.6. The van der Waals surface area contributed by atoms with Crippen LogP contribution >= 0.6 is 0 Å². The molecule has 0 spiro atoms. The molecule has 0 aliphatic heterocycles. The van der Waals surface area contributed by atoms with Crippen LogP contribution in [0.3, 0.4) is 0 Å². The molecule has 1 saturated carbocycles. The van der Waals surface area contributed by atoms with Gasteiger partial charge in [-0.25, -0.2) is 0 Å². The van der Waals surface area contributed by atoms with Gasteiger partial charge in [-0.05, 0) is 37.8 Å². The normalized spacial score (nSPS) is 20.3. The number of fused-ring (bicyclic) bond motifs is 1. The number of H-pyrrole nitrogens is 1. The first-order valence-corrected chi connectivity index (χ1v) is 6.34. The maximum Gasteiger partial charge on any atom is 0.136 e. The van der Waals surface area contributed by atoms with E-state index in [-0.39, 0.29) is 5.92 Å². The van der Waals surface area contributed by atoms with Crippen LogP contribution in [0.25, 0.3) is 10.9 Å². The molecule has 2 nitrogen and oxygen atoms in total. The molecule has 1 unspecified atom stereocenters. The summed E-state index contributed by atoms with van der Waals surface area (Å²) in [5, 5.41) is 1.28. The molecule has 1 heterocycles. The molecule has 1 aliphatic rings. The number of Topliss-reactive ketones (excluding diaryl/α,β-unsaturated/α-hetero) is 1. The lowest BCUT2D eigenvalue weighted by atomic mass is 9.95. The second kappa shape index (κ2) is 4.02. The van der Waals surface area contributed by atoms with Crippen LogP contribution in [0.2, 0.25) is 0 Å². The molecule has 2 heteroatoms. The van der Waals surface area contributed by atoms with Gasteiger partial charge in [0.25, 0.3) is 0 Å². The van der Waals surface area contributed by atoms with Gasteiger partial charge in [0.05, 0.1) is 0 Å². The zero-order valence-electron chi connectivity index (χ0n) is 10.1. The minimum Gasteiger partial charge on any atom is -0.358 e. The molecular weight excluding hydrogens is 210 g/mol. The number of benzene rings is 1. The average molecular weight is 227 g/mol. The molecule has 1 aromatic heterocycles. The summed E-state index contributed by atoms with van der Waals surface area (Å²) in [4.78, 5) is 15.1. The predicted octanol–water partition coefficient (Wildman–Crippen LogP) is 3.39. The first-order valence-electron chi connectivity index (χ1n) is 6.34. The fraction of sp³-hybridized carbons (Fsp3) is 0.400. The number of hydrogen-bond donors (Lipinski definition) is 1. The Morgan fingerprint density at radius 1 is 1.35 bits per heavy atom. The topological polar surface area (TPSA) is 32.9 Å². The van der Waals surface area contributed by atoms with Crippen molar-refractivity contribution in [1.29, 1.82) is 0 Å². The van der Waals surface area contributed by atoms with Gasteiger partial charge < -0.3 is 4.98 Å². The van der Waals surface area contributed by atoms with Crippen molar-refractivity contribution in [3.8, 4) is 0 Å². The minimum absolute atomic E-state index is 0.257. The number of hydrogen-bond acceptors (Lipinski definition) is 1. The molecule has 1 aliphatic carbocycles. The van der Waals surface area contributed by atoms with E-state index >= 15 is 0 Å². The number of para-hydroxylation sites is 1. The van der Waals surface area contributed by atoms with Gasteiger partial charge in [0.15, 0.2) is 0 Å². The zero-order valence-corrected chi connectivity index (χ0v) is 10.1. The highest BCUT2D eigenvalue weighted by molar-refractivity contribution is 5.87. The smallest absolute Gasteiger partial charge is 0.136 e. The van der Waals surface area contributed by atoms with E-state index in [0.717, 1.165) is 25.7 Å². The lowest BCUT2D eigenvalue weighted by Gasteiger charge is -2.07. The standard InChI is InChI=1S/C15H17NO/c1-10-13(9-11-5-4-8-15(11)17)12-6-2-3-7-14(12)16-10/h2-3,6-7,11,16H,4-5,8-9H2,1H3. The molecule has 1 atom stereocenters. The van der Waals surface area contributed by atoms with Gasteiger partial charge in [-0.15, -0.1) is 0 Å². The Hall–Kier alpha value is -1.57. The van der Waals surface area contributed by atoms with Crippen LogP contribution in [0.5, 0.6) is 0 Å². The molecule has 1 aromatic carbocycles. The molecule has 0 bridgehead atoms. The summed E-state index contributed by atoms with van der Waals surface area (Å²) >= 11 is 0. The van der Waals surface area contributed by atoms with Crippen LogP contribution in [0.1, 0.15) is 30.5 Å². The fourth-order valence-corrected chi connectivity index (χ4v) is 2.95. The van der Waals surface area contributed by atoms with E-state index in [9.17, 15) is 4.79 Å². The number of aryl methyl sites for hydroxylation is 1. The van der Waals surface area contributed by atoms with Crippen molar-refractivity contribution >= 4 is 16.7 Å². The SMILES string of the molecule is Cc1[nH]c2ccccc2c1CC1CCCC1=O. The maximum atomic E-state index is 11.7. The lowest BCUT2D eigenvalue weighted by molar-refractivity contribution is -0.120. The van der Waals surface area contributed by atoms with Gasteiger partial charge in [0, 0.05) is 28.9 Å². The number of nitrogens with one attached hydrogen (secondary N) is 1. The summed E-state index contributed by atoms with van der Waals surface area (Å²) in [6, 6.07) is 8.36. The largest absolute Gasteiger partial charge is 0.358 e. The molecule has 88 valence electrons. The molecular formula is C15H17NO. The maximum absolute atomic E-state index is 11.7. The molecule has 1 N–H and O–H groups in total. The zero-order chi connectivity index (χ0) is 11.8. The van der Waals surface area contributed by atoms with E-state index in [2.05, 4.69) is 30.1 Å². The summed E-state index contributed by atoms with van der Waals surface area (Å²) in [7, 11) is 0. The second-order valence-corrected chi connectivity index (χ2v) is 5.03. The third kappa shape index (κ3) is 1.78. The van der Waals surface area contributed by atoms with Crippen molar-refractivity contribution < 1.29 is 4.79 Å². The molecule has 2 aromatic rings. The van der Waals surface area contributed by atoms with E-state index in [0.29, 0.717) is 5.78 Å². The van der Waals surface area contributed by atoms with Crippen molar-refractivity contribution in [3.05, 3.63) is 35.5 Å². The second-order valence-electron chi connectivity index (χ2n) is 5.03. The number of aromatic amines is 1. The van der Waals surface area contributed by atoms with E-state index in [4.69, 9.17) is 0 Å². The molecule has 1 fully saturated rings. The predicted molar refractivity (Wildman–Crippen MR) is 69.1 cm³/mol. The Balaban J connectivity index is 1.99. The van der Waals surface area contributed by atoms with Crippen molar-refractivity contribution in [2.45, 2.75) is 32.6 Å². The van der Waals surface area contributed by atoms with Gasteiger partial charge >= 0.3 is 0 Å². The van der Waals surface area contributed by atoms with Crippen molar-refractivity contribution in [3.63, 3.8) is 0 Å². The Bertz CT molecular complexity index is 567. The van der Waals surface area contributed by atoms with Gasteiger partial charge in [-0.3, -0.25) is 4.79 Å². The number of aromatic nitrogens is 1. The fourth-order valence-electron chi connectivity index (χ4n) is 2.95. The highest BCUT2D eigenvalue weighted by Gasteiger charge is 2.25. The highest BCUT2D eigenvalue weighted by atomic mass is 16.1. The van der Waals surface area contributed by atoms with Crippen LogP contribution in [0.4, 0.5) is 0 Å². The van der Waals surface area contributed by atoms with Crippen LogP contribution in [0.15, 0.2) is 24.3 Å². The highest BCUT2D eigenvalue weighted by Crippen LogP contribution is 2.30. The van der Waals surface area contributed by atoms with Crippen molar-refractivity contribution in [2.75, 3.05) is 0 Å². The van der Waals surface area contributed by atoms with Crippen LogP contribution in [0, 0.1) is 12.8 Å². The van der Waals surface area contributed by atoms with Gasteiger partial charge in [-0.2, -0.15) is 0 Å². The Morgan fingerprint density at radius 2 is 2.18 bits per heavy atom. The van der Waals surface area contributed by atoms with Gasteiger partial charge in [0.2, 0.25) is 0 Å². The molecule has 0 saturated heterocycles. The average Bonchev–Trinajstić information content (AvgIpc) is 2.85. The van der Waals surface area contributed by atoms with E-state index in [1.165, 1.54) is 22.2 Å². The Morgan fingerprint density at radius 3 is 2.94 bits per heavy atom. The van der Waals surface area contributed by atoms with E-state index in [1.807, 2.05) is 6.07 Å². The van der Waals surface area contributed by atoms with Crippen LogP contribution < -0.4 is 0 Å². The summed E-state index contributed by atoms with van der Waals surface area (Å²) in [5.74, 6) is 0.711. The summed E-state index contributed by atoms with van der Waals surface area (Å²) < 4.78 is 0. The van der Waals surface area contributed by atoms with Gasteiger partial charge in [0.1, 0.15) is 5.78 Å². The van der Waals surface area contributed by atoms with Crippen LogP contribution in [-0.4, -0.2) is 10.8 Å². The minimum atomic E-state index is 0.257. The summed E-state index contributed by atoms with van der Waals surface area (Å²) in [5.41, 5.74) is 3.73. The van der Waals surface area contributed by atoms with Crippen LogP contribution in [-0.2, 0) is 11.2 Å². The molecule has 0 amide bonds. The monoisotopic (exact) mass is 227 g/mol. The third-order valence-electron chi connectivity index (χ3n) is 3.91. The lowest BCUT2D eigenvalue weighted by Crippen LogP contribution is -2.09. The van der Waals surface area contributed by atoms with E-state index in [1.54, 1.807) is 0 Å². The molecule has 17 heavy (non-hydrogen) atoms. The van der Waals surface area contributed by atoms with Crippen molar-refractivity contribution in [1.82, 2.24) is 4.98 Å². The summed E-state index contributed by atoms with van der Waals surface area (Å²) in [6.45, 7) is 2.11. The Kier molecular flexibility index (Phi) is 2.50. The number of ketones is 1. The third-order valence-corrected chi connectivity index (χ3v) is 3.91. The molecule has 3 rings (SSSR count). The molecule has 0 radical (unpaired) electrons. The number of carbonyl (C=O) groups excluding carboxylic acids is 1. The number of rotatable bonds is 2. The quantitative estimate of drug-likeness (QED) is 0.838. The number of carbonyl (C=O) groups is 1. The summed E-state index contributed by atoms with van der Waals surface area (Å²) in [6.07, 6.45) is 3.84. The van der Waals surface area contributed by atoms with Crippen molar-refractivity contribution in [2.24, 2.45) is 5.92 Å².